The van der Waals surface area contributed by atoms with Crippen molar-refractivity contribution >= 4 is 17.6 Å². The number of halogens is 4. The van der Waals surface area contributed by atoms with Crippen molar-refractivity contribution in [3.8, 4) is 5.69 Å². The lowest BCUT2D eigenvalue weighted by Crippen LogP contribution is -2.57. The van der Waals surface area contributed by atoms with Gasteiger partial charge in [-0.2, -0.15) is 18.3 Å². The van der Waals surface area contributed by atoms with Crippen LogP contribution in [0.25, 0.3) is 5.69 Å². The summed E-state index contributed by atoms with van der Waals surface area (Å²) in [5.74, 6) is -1.72. The van der Waals surface area contributed by atoms with Crippen LogP contribution in [-0.2, 0) is 11.0 Å². The number of rotatable bonds is 8. The number of hydrogen-bond donors (Lipinski definition) is 0. The average molecular weight is 593 g/mol. The number of para-hydroxylation sites is 1. The van der Waals surface area contributed by atoms with Gasteiger partial charge >= 0.3 is 6.18 Å². The summed E-state index contributed by atoms with van der Waals surface area (Å²) in [4.78, 5) is 31.7. The minimum Gasteiger partial charge on any atom is -0.326 e. The van der Waals surface area contributed by atoms with Gasteiger partial charge in [0.25, 0.3) is 11.8 Å². The van der Waals surface area contributed by atoms with E-state index in [1.54, 1.807) is 21.7 Å². The summed E-state index contributed by atoms with van der Waals surface area (Å²) < 4.78 is 56.5. The summed E-state index contributed by atoms with van der Waals surface area (Å²) in [5.41, 5.74) is 1.53. The Balaban J connectivity index is 1.74. The molecule has 6 nitrogen and oxygen atoms in total. The fourth-order valence-corrected chi connectivity index (χ4v) is 5.84. The van der Waals surface area contributed by atoms with E-state index in [-0.39, 0.29) is 18.0 Å². The molecule has 224 valence electrons. The molecule has 0 aliphatic carbocycles. The maximum Gasteiger partial charge on any atom is 0.416 e. The van der Waals surface area contributed by atoms with Crippen molar-refractivity contribution in [2.45, 2.75) is 51.7 Å². The number of carbonyl (C=O) groups is 2. The number of benzene rings is 3. The molecule has 2 atom stereocenters. The van der Waals surface area contributed by atoms with Crippen LogP contribution in [0.4, 0.5) is 23.4 Å². The lowest BCUT2D eigenvalue weighted by Gasteiger charge is -2.43. The average Bonchev–Trinajstić information content (AvgIpc) is 3.34. The van der Waals surface area contributed by atoms with Crippen LogP contribution in [0, 0.1) is 12.7 Å². The van der Waals surface area contributed by atoms with E-state index in [0.717, 1.165) is 17.8 Å². The Morgan fingerprint density at radius 1 is 0.953 bits per heavy atom. The SMILES string of the molecule is CCCN1C(=O)[C@@H](N(CCC)C(=O)c2cccc(C(F)(F)F)c2)[C@@H](c2ccc(F)cc2)c2c(C)nn(-c3ccccc3)c21. The third-order valence-corrected chi connectivity index (χ3v) is 7.66. The van der Waals surface area contributed by atoms with Gasteiger partial charge in [0.05, 0.1) is 16.9 Å². The van der Waals surface area contributed by atoms with Crippen molar-refractivity contribution in [2.24, 2.45) is 0 Å². The minimum atomic E-state index is -4.64. The van der Waals surface area contributed by atoms with Crippen molar-refractivity contribution < 1.29 is 27.2 Å². The Labute approximate surface area is 247 Å². The molecule has 0 N–H and O–H groups in total. The fraction of sp³-hybridized carbons (Fsp3) is 0.303. The quantitative estimate of drug-likeness (QED) is 0.204. The first kappa shape index (κ1) is 30.0. The molecule has 0 spiro atoms. The standard InChI is InChI=1S/C33H32F4N4O2/c1-4-18-39(31(42)23-10-9-11-24(20-23)33(35,36)37)29-28(22-14-16-25(34)17-15-22)27-21(3)38-41(26-12-7-6-8-13-26)30(27)40(19-5-2)32(29)43/h6-17,20,28-29H,4-5,18-19H2,1-3H3/t28-,29-/m0/s1. The maximum absolute atomic E-state index is 14.6. The van der Waals surface area contributed by atoms with E-state index in [1.807, 2.05) is 51.1 Å². The molecule has 10 heteroatoms. The van der Waals surface area contributed by atoms with Crippen LogP contribution < -0.4 is 4.90 Å². The molecule has 0 saturated carbocycles. The Hall–Kier alpha value is -4.47. The van der Waals surface area contributed by atoms with E-state index in [2.05, 4.69) is 0 Å². The van der Waals surface area contributed by atoms with Gasteiger partial charge in [-0.25, -0.2) is 9.07 Å². The summed E-state index contributed by atoms with van der Waals surface area (Å²) in [5, 5.41) is 4.82. The van der Waals surface area contributed by atoms with Gasteiger partial charge in [-0.05, 0) is 67.8 Å². The first-order valence-electron chi connectivity index (χ1n) is 14.3. The number of hydrogen-bond acceptors (Lipinski definition) is 3. The smallest absolute Gasteiger partial charge is 0.326 e. The molecule has 1 aromatic heterocycles. The van der Waals surface area contributed by atoms with Crippen LogP contribution in [0.15, 0.2) is 78.9 Å². The zero-order valence-electron chi connectivity index (χ0n) is 24.1. The second-order valence-corrected chi connectivity index (χ2v) is 10.6. The van der Waals surface area contributed by atoms with E-state index < -0.39 is 35.4 Å². The Kier molecular flexibility index (Phi) is 8.39. The number of amides is 2. The molecule has 43 heavy (non-hydrogen) atoms. The van der Waals surface area contributed by atoms with E-state index in [0.29, 0.717) is 42.0 Å². The zero-order valence-corrected chi connectivity index (χ0v) is 24.1. The Morgan fingerprint density at radius 2 is 1.65 bits per heavy atom. The summed E-state index contributed by atoms with van der Waals surface area (Å²) in [7, 11) is 0. The van der Waals surface area contributed by atoms with Gasteiger partial charge in [-0.1, -0.05) is 50.2 Å². The first-order valence-corrected chi connectivity index (χ1v) is 14.3. The molecule has 0 bridgehead atoms. The molecule has 0 saturated heterocycles. The molecule has 1 aliphatic heterocycles. The maximum atomic E-state index is 14.6. The van der Waals surface area contributed by atoms with E-state index >= 15 is 0 Å². The Bertz CT molecular complexity index is 1620. The van der Waals surface area contributed by atoms with Gasteiger partial charge in [-0.15, -0.1) is 0 Å². The predicted octanol–water partition coefficient (Wildman–Crippen LogP) is 7.15. The largest absolute Gasteiger partial charge is 0.416 e. The molecule has 3 aromatic carbocycles. The van der Waals surface area contributed by atoms with Gasteiger partial charge in [0.15, 0.2) is 0 Å². The highest BCUT2D eigenvalue weighted by Gasteiger charge is 2.48. The highest BCUT2D eigenvalue weighted by atomic mass is 19.4. The van der Waals surface area contributed by atoms with Crippen molar-refractivity contribution in [2.75, 3.05) is 18.0 Å². The van der Waals surface area contributed by atoms with Gasteiger partial charge < -0.3 is 4.90 Å². The molecule has 5 rings (SSSR count). The summed E-state index contributed by atoms with van der Waals surface area (Å²) in [6.07, 6.45) is -3.58. The summed E-state index contributed by atoms with van der Waals surface area (Å²) >= 11 is 0. The lowest BCUT2D eigenvalue weighted by molar-refractivity contribution is -0.137. The number of anilines is 1. The van der Waals surface area contributed by atoms with Gasteiger partial charge in [0, 0.05) is 30.1 Å². The van der Waals surface area contributed by atoms with E-state index in [4.69, 9.17) is 5.10 Å². The van der Waals surface area contributed by atoms with Crippen molar-refractivity contribution in [3.63, 3.8) is 0 Å². The topological polar surface area (TPSA) is 58.4 Å². The third kappa shape index (κ3) is 5.66. The number of alkyl halides is 3. The molecular weight excluding hydrogens is 560 g/mol. The number of fused-ring (bicyclic) bond motifs is 1. The van der Waals surface area contributed by atoms with Crippen LogP contribution in [0.3, 0.4) is 0 Å². The minimum absolute atomic E-state index is 0.115. The molecule has 4 aromatic rings. The van der Waals surface area contributed by atoms with Crippen molar-refractivity contribution in [3.05, 3.63) is 113 Å². The zero-order chi connectivity index (χ0) is 30.9. The van der Waals surface area contributed by atoms with Crippen molar-refractivity contribution in [1.82, 2.24) is 14.7 Å². The number of carbonyl (C=O) groups excluding carboxylic acids is 2. The number of aromatic nitrogens is 2. The Morgan fingerprint density at radius 3 is 2.28 bits per heavy atom. The third-order valence-electron chi connectivity index (χ3n) is 7.66. The van der Waals surface area contributed by atoms with Crippen LogP contribution in [0.5, 0.6) is 0 Å². The van der Waals surface area contributed by atoms with E-state index in [9.17, 15) is 27.2 Å². The van der Waals surface area contributed by atoms with Gasteiger partial charge in [-0.3, -0.25) is 14.5 Å². The fourth-order valence-electron chi connectivity index (χ4n) is 5.84. The molecular formula is C33H32F4N4O2. The van der Waals surface area contributed by atoms with Crippen LogP contribution in [0.1, 0.15) is 65.3 Å². The molecule has 2 amide bonds. The van der Waals surface area contributed by atoms with Crippen LogP contribution >= 0.6 is 0 Å². The molecule has 1 aliphatic rings. The number of aryl methyl sites for hydroxylation is 1. The van der Waals surface area contributed by atoms with Crippen molar-refractivity contribution in [1.29, 1.82) is 0 Å². The number of nitrogens with zero attached hydrogens (tertiary/aromatic N) is 4. The molecule has 2 heterocycles. The molecule has 0 radical (unpaired) electrons. The van der Waals surface area contributed by atoms with E-state index in [1.165, 1.54) is 29.2 Å². The molecule has 0 fully saturated rings. The van der Waals surface area contributed by atoms with Gasteiger partial charge in [0.1, 0.15) is 17.7 Å². The lowest BCUT2D eigenvalue weighted by atomic mass is 9.80. The second kappa shape index (κ2) is 12.0. The summed E-state index contributed by atoms with van der Waals surface area (Å²) in [6.45, 7) is 6.03. The normalized spacial score (nSPS) is 16.7. The van der Waals surface area contributed by atoms with Crippen LogP contribution in [-0.4, -0.2) is 45.6 Å². The highest BCUT2D eigenvalue weighted by Crippen LogP contribution is 2.45. The monoisotopic (exact) mass is 592 g/mol. The first-order chi connectivity index (χ1) is 20.6. The predicted molar refractivity (Wildman–Crippen MR) is 156 cm³/mol. The molecule has 0 unspecified atom stereocenters. The summed E-state index contributed by atoms with van der Waals surface area (Å²) in [6, 6.07) is 18.2. The second-order valence-electron chi connectivity index (χ2n) is 10.6. The highest BCUT2D eigenvalue weighted by molar-refractivity contribution is 6.05. The van der Waals surface area contributed by atoms with Crippen LogP contribution in [0.2, 0.25) is 0 Å². The van der Waals surface area contributed by atoms with Gasteiger partial charge in [0.2, 0.25) is 0 Å².